The van der Waals surface area contributed by atoms with Crippen LogP contribution in [0.15, 0.2) is 10.5 Å². The molecule has 0 fully saturated rings. The topological polar surface area (TPSA) is 46.5 Å². The van der Waals surface area contributed by atoms with Crippen molar-refractivity contribution >= 4 is 21.9 Å². The summed E-state index contributed by atoms with van der Waals surface area (Å²) < 4.78 is 6.09. The summed E-state index contributed by atoms with van der Waals surface area (Å²) in [6.07, 6.45) is 0. The van der Waals surface area contributed by atoms with E-state index in [0.717, 1.165) is 26.9 Å². The van der Waals surface area contributed by atoms with Gasteiger partial charge >= 0.3 is 5.97 Å². The summed E-state index contributed by atoms with van der Waals surface area (Å²) in [5.74, 6) is -0.570. The second-order valence-electron chi connectivity index (χ2n) is 3.81. The van der Waals surface area contributed by atoms with Gasteiger partial charge in [0.15, 0.2) is 0 Å². The largest absolute Gasteiger partial charge is 0.495 e. The monoisotopic (exact) mass is 286 g/mol. The minimum Gasteiger partial charge on any atom is -0.495 e. The van der Waals surface area contributed by atoms with Crippen molar-refractivity contribution in [3.8, 4) is 5.75 Å². The van der Waals surface area contributed by atoms with Crippen LogP contribution in [0.1, 0.15) is 29.5 Å². The standard InChI is InChI=1S/C12H15BrO3/c1-6-5-9(8(3)12(14)15)7(2)10(13)11(6)16-4/h5,8H,1-4H3,(H,14,15). The van der Waals surface area contributed by atoms with Gasteiger partial charge in [-0.05, 0) is 53.4 Å². The van der Waals surface area contributed by atoms with Gasteiger partial charge in [-0.25, -0.2) is 0 Å². The Morgan fingerprint density at radius 3 is 2.50 bits per heavy atom. The van der Waals surface area contributed by atoms with Crippen LogP contribution in [0.2, 0.25) is 0 Å². The lowest BCUT2D eigenvalue weighted by atomic mass is 9.94. The Bertz CT molecular complexity index is 427. The normalized spacial score (nSPS) is 12.3. The number of methoxy groups -OCH3 is 1. The Hall–Kier alpha value is -1.03. The second-order valence-corrected chi connectivity index (χ2v) is 4.61. The molecule has 0 heterocycles. The van der Waals surface area contributed by atoms with Gasteiger partial charge in [-0.2, -0.15) is 0 Å². The molecule has 1 rings (SSSR count). The van der Waals surface area contributed by atoms with Crippen molar-refractivity contribution in [3.05, 3.63) is 27.2 Å². The molecule has 0 aromatic heterocycles. The van der Waals surface area contributed by atoms with E-state index in [1.807, 2.05) is 19.9 Å². The average Bonchev–Trinajstić information content (AvgIpc) is 2.23. The summed E-state index contributed by atoms with van der Waals surface area (Å²) in [6.45, 7) is 5.48. The van der Waals surface area contributed by atoms with Crippen molar-refractivity contribution in [1.82, 2.24) is 0 Å². The number of carboxylic acid groups (broad SMARTS) is 1. The molecule has 1 aromatic rings. The molecule has 16 heavy (non-hydrogen) atoms. The zero-order valence-electron chi connectivity index (χ0n) is 9.80. The van der Waals surface area contributed by atoms with Crippen molar-refractivity contribution < 1.29 is 14.6 Å². The highest BCUT2D eigenvalue weighted by Crippen LogP contribution is 2.36. The predicted octanol–water partition coefficient (Wildman–Crippen LogP) is 3.26. The highest BCUT2D eigenvalue weighted by Gasteiger charge is 2.20. The van der Waals surface area contributed by atoms with Crippen LogP contribution in [0.25, 0.3) is 0 Å². The zero-order valence-corrected chi connectivity index (χ0v) is 11.4. The van der Waals surface area contributed by atoms with Crippen LogP contribution in [-0.2, 0) is 4.79 Å². The molecule has 1 N–H and O–H groups in total. The third kappa shape index (κ3) is 2.21. The van der Waals surface area contributed by atoms with Gasteiger partial charge in [0.2, 0.25) is 0 Å². The van der Waals surface area contributed by atoms with E-state index in [1.54, 1.807) is 14.0 Å². The SMILES string of the molecule is COc1c(C)cc(C(C)C(=O)O)c(C)c1Br. The summed E-state index contributed by atoms with van der Waals surface area (Å²) in [7, 11) is 1.60. The molecule has 0 aliphatic heterocycles. The van der Waals surface area contributed by atoms with Gasteiger partial charge in [-0.3, -0.25) is 4.79 Å². The molecule has 0 radical (unpaired) electrons. The number of halogens is 1. The van der Waals surface area contributed by atoms with E-state index in [9.17, 15) is 4.79 Å². The molecule has 1 aromatic carbocycles. The van der Waals surface area contributed by atoms with Crippen LogP contribution in [0.5, 0.6) is 5.75 Å². The summed E-state index contributed by atoms with van der Waals surface area (Å²) in [6, 6.07) is 1.87. The number of aliphatic carboxylic acids is 1. The first kappa shape index (κ1) is 13.0. The number of carboxylic acids is 1. The number of rotatable bonds is 3. The van der Waals surface area contributed by atoms with Crippen molar-refractivity contribution in [2.75, 3.05) is 7.11 Å². The summed E-state index contributed by atoms with van der Waals surface area (Å²) in [5.41, 5.74) is 2.66. The number of carbonyl (C=O) groups is 1. The molecule has 0 bridgehead atoms. The maximum Gasteiger partial charge on any atom is 0.310 e. The van der Waals surface area contributed by atoms with Gasteiger partial charge in [0.25, 0.3) is 0 Å². The van der Waals surface area contributed by atoms with Crippen molar-refractivity contribution in [2.24, 2.45) is 0 Å². The number of hydrogen-bond acceptors (Lipinski definition) is 2. The first-order valence-corrected chi connectivity index (χ1v) is 5.75. The lowest BCUT2D eigenvalue weighted by Gasteiger charge is -2.16. The molecular formula is C12H15BrO3. The van der Waals surface area contributed by atoms with Crippen LogP contribution >= 0.6 is 15.9 Å². The van der Waals surface area contributed by atoms with Crippen molar-refractivity contribution in [3.63, 3.8) is 0 Å². The van der Waals surface area contributed by atoms with E-state index in [-0.39, 0.29) is 0 Å². The van der Waals surface area contributed by atoms with Gasteiger partial charge in [0.05, 0.1) is 17.5 Å². The molecule has 1 unspecified atom stereocenters. The second kappa shape index (κ2) is 4.87. The average molecular weight is 287 g/mol. The fraction of sp³-hybridized carbons (Fsp3) is 0.417. The van der Waals surface area contributed by atoms with Crippen molar-refractivity contribution in [1.29, 1.82) is 0 Å². The first-order chi connectivity index (χ1) is 7.40. The third-order valence-corrected chi connectivity index (χ3v) is 3.69. The fourth-order valence-electron chi connectivity index (χ4n) is 1.71. The van der Waals surface area contributed by atoms with Crippen LogP contribution in [0.4, 0.5) is 0 Å². The molecule has 0 aliphatic rings. The highest BCUT2D eigenvalue weighted by atomic mass is 79.9. The molecule has 88 valence electrons. The number of ether oxygens (including phenoxy) is 1. The number of aryl methyl sites for hydroxylation is 1. The number of hydrogen-bond donors (Lipinski definition) is 1. The Kier molecular flexibility index (Phi) is 3.97. The van der Waals surface area contributed by atoms with Gasteiger partial charge in [0.1, 0.15) is 5.75 Å². The third-order valence-electron chi connectivity index (χ3n) is 2.73. The Morgan fingerprint density at radius 1 is 1.50 bits per heavy atom. The fourth-order valence-corrected chi connectivity index (χ4v) is 2.41. The van der Waals surface area contributed by atoms with E-state index in [0.29, 0.717) is 0 Å². The predicted molar refractivity (Wildman–Crippen MR) is 66.2 cm³/mol. The van der Waals surface area contributed by atoms with Crippen LogP contribution in [-0.4, -0.2) is 18.2 Å². The van der Waals surface area contributed by atoms with E-state index in [4.69, 9.17) is 9.84 Å². The molecule has 0 aliphatic carbocycles. The van der Waals surface area contributed by atoms with Crippen LogP contribution in [0, 0.1) is 13.8 Å². The number of benzene rings is 1. The van der Waals surface area contributed by atoms with Gasteiger partial charge < -0.3 is 9.84 Å². The minimum atomic E-state index is -0.820. The van der Waals surface area contributed by atoms with E-state index in [2.05, 4.69) is 15.9 Å². The molecule has 3 nitrogen and oxygen atoms in total. The van der Waals surface area contributed by atoms with E-state index in [1.165, 1.54) is 0 Å². The minimum absolute atomic E-state index is 0.513. The molecule has 0 saturated carbocycles. The smallest absolute Gasteiger partial charge is 0.310 e. The van der Waals surface area contributed by atoms with E-state index < -0.39 is 11.9 Å². The van der Waals surface area contributed by atoms with Gasteiger partial charge in [-0.1, -0.05) is 6.07 Å². The first-order valence-electron chi connectivity index (χ1n) is 4.96. The summed E-state index contributed by atoms with van der Waals surface area (Å²) in [5, 5.41) is 9.02. The van der Waals surface area contributed by atoms with Gasteiger partial charge in [-0.15, -0.1) is 0 Å². The summed E-state index contributed by atoms with van der Waals surface area (Å²) >= 11 is 3.44. The molecule has 0 saturated heterocycles. The van der Waals surface area contributed by atoms with Gasteiger partial charge in [0, 0.05) is 0 Å². The Labute approximate surface area is 104 Å². The summed E-state index contributed by atoms with van der Waals surface area (Å²) in [4.78, 5) is 11.0. The Balaban J connectivity index is 3.39. The molecule has 4 heteroatoms. The van der Waals surface area contributed by atoms with E-state index >= 15 is 0 Å². The van der Waals surface area contributed by atoms with Crippen LogP contribution in [0.3, 0.4) is 0 Å². The van der Waals surface area contributed by atoms with Crippen LogP contribution < -0.4 is 4.74 Å². The molecule has 0 spiro atoms. The molecule has 0 amide bonds. The maximum absolute atomic E-state index is 11.0. The van der Waals surface area contributed by atoms with Crippen molar-refractivity contribution in [2.45, 2.75) is 26.7 Å². The maximum atomic E-state index is 11.0. The molecular weight excluding hydrogens is 272 g/mol. The molecule has 1 atom stereocenters. The zero-order chi connectivity index (χ0) is 12.5. The Morgan fingerprint density at radius 2 is 2.06 bits per heavy atom. The highest BCUT2D eigenvalue weighted by molar-refractivity contribution is 9.10. The lowest BCUT2D eigenvalue weighted by molar-refractivity contribution is -0.138. The quantitative estimate of drug-likeness (QED) is 0.928. The lowest BCUT2D eigenvalue weighted by Crippen LogP contribution is -2.10.